The Hall–Kier alpha value is -2.00. The van der Waals surface area contributed by atoms with Gasteiger partial charge < -0.3 is 10.2 Å². The Morgan fingerprint density at radius 2 is 1.83 bits per heavy atom. The summed E-state index contributed by atoms with van der Waals surface area (Å²) in [5.74, 6) is 0.774. The van der Waals surface area contributed by atoms with Crippen molar-refractivity contribution >= 4 is 0 Å². The van der Waals surface area contributed by atoms with Crippen LogP contribution in [0.3, 0.4) is 0 Å². The van der Waals surface area contributed by atoms with Crippen molar-refractivity contribution < 1.29 is 10.2 Å². The second-order valence-corrected chi connectivity index (χ2v) is 6.76. The molecular weight excluding hydrogens is 298 g/mol. The topological polar surface area (TPSA) is 43.7 Å². The van der Waals surface area contributed by atoms with Crippen molar-refractivity contribution in [2.75, 3.05) is 13.1 Å². The molecule has 0 saturated carbocycles. The third kappa shape index (κ3) is 3.90. The maximum atomic E-state index is 10.2. The summed E-state index contributed by atoms with van der Waals surface area (Å²) >= 11 is 0. The SMILES string of the molecule is CCCN(CCc1ccc(O)cc1)C1CCc2cccc(O)c2C1. The van der Waals surface area contributed by atoms with Crippen LogP contribution in [-0.4, -0.2) is 34.2 Å². The number of phenols is 2. The number of nitrogens with zero attached hydrogens (tertiary/aromatic N) is 1. The maximum absolute atomic E-state index is 10.2. The van der Waals surface area contributed by atoms with E-state index in [1.807, 2.05) is 24.3 Å². The molecule has 1 unspecified atom stereocenters. The smallest absolute Gasteiger partial charge is 0.119 e. The van der Waals surface area contributed by atoms with Gasteiger partial charge in [-0.05, 0) is 73.5 Å². The molecule has 0 fully saturated rings. The molecule has 0 spiro atoms. The second kappa shape index (κ2) is 7.71. The van der Waals surface area contributed by atoms with Gasteiger partial charge in [-0.1, -0.05) is 31.2 Å². The molecule has 3 rings (SSSR count). The van der Waals surface area contributed by atoms with Gasteiger partial charge in [0.15, 0.2) is 0 Å². The van der Waals surface area contributed by atoms with Gasteiger partial charge in [0.2, 0.25) is 0 Å². The Morgan fingerprint density at radius 3 is 2.58 bits per heavy atom. The zero-order valence-electron chi connectivity index (χ0n) is 14.4. The summed E-state index contributed by atoms with van der Waals surface area (Å²) in [6.07, 6.45) is 5.28. The van der Waals surface area contributed by atoms with Crippen LogP contribution < -0.4 is 0 Å². The van der Waals surface area contributed by atoms with E-state index < -0.39 is 0 Å². The van der Waals surface area contributed by atoms with E-state index in [1.165, 1.54) is 11.1 Å². The molecule has 128 valence electrons. The minimum absolute atomic E-state index is 0.323. The van der Waals surface area contributed by atoms with Crippen LogP contribution in [0.1, 0.15) is 36.5 Å². The van der Waals surface area contributed by atoms with E-state index in [1.54, 1.807) is 12.1 Å². The Balaban J connectivity index is 1.67. The lowest BCUT2D eigenvalue weighted by Gasteiger charge is -2.35. The van der Waals surface area contributed by atoms with Crippen molar-refractivity contribution in [2.24, 2.45) is 0 Å². The zero-order chi connectivity index (χ0) is 16.9. The molecule has 0 aliphatic heterocycles. The molecular formula is C21H27NO2. The first-order chi connectivity index (χ1) is 11.7. The number of fused-ring (bicyclic) bond motifs is 1. The van der Waals surface area contributed by atoms with Crippen molar-refractivity contribution in [3.05, 3.63) is 59.2 Å². The van der Waals surface area contributed by atoms with Crippen LogP contribution in [0.15, 0.2) is 42.5 Å². The van der Waals surface area contributed by atoms with Gasteiger partial charge in [0.25, 0.3) is 0 Å². The van der Waals surface area contributed by atoms with Crippen molar-refractivity contribution in [3.8, 4) is 11.5 Å². The van der Waals surface area contributed by atoms with Crippen molar-refractivity contribution in [2.45, 2.75) is 45.1 Å². The summed E-state index contributed by atoms with van der Waals surface area (Å²) in [6, 6.07) is 13.9. The average molecular weight is 325 g/mol. The minimum atomic E-state index is 0.323. The number of aromatic hydroxyl groups is 2. The van der Waals surface area contributed by atoms with E-state index in [4.69, 9.17) is 0 Å². The van der Waals surface area contributed by atoms with Crippen molar-refractivity contribution in [1.29, 1.82) is 0 Å². The predicted octanol–water partition coefficient (Wildman–Crippen LogP) is 3.91. The van der Waals surface area contributed by atoms with Crippen LogP contribution >= 0.6 is 0 Å². The quantitative estimate of drug-likeness (QED) is 0.846. The summed E-state index contributed by atoms with van der Waals surface area (Å²) in [5, 5.41) is 19.6. The number of benzene rings is 2. The third-order valence-corrected chi connectivity index (χ3v) is 5.09. The second-order valence-electron chi connectivity index (χ2n) is 6.76. The number of phenolic OH excluding ortho intramolecular Hbond substituents is 2. The molecule has 0 amide bonds. The van der Waals surface area contributed by atoms with Gasteiger partial charge in [-0.25, -0.2) is 0 Å². The van der Waals surface area contributed by atoms with Gasteiger partial charge in [0, 0.05) is 12.6 Å². The van der Waals surface area contributed by atoms with Gasteiger partial charge in [0.05, 0.1) is 0 Å². The molecule has 0 radical (unpaired) electrons. The molecule has 0 heterocycles. The lowest BCUT2D eigenvalue weighted by molar-refractivity contribution is 0.180. The highest BCUT2D eigenvalue weighted by Gasteiger charge is 2.25. The fraction of sp³-hybridized carbons (Fsp3) is 0.429. The van der Waals surface area contributed by atoms with Gasteiger partial charge in [0.1, 0.15) is 11.5 Å². The fourth-order valence-corrected chi connectivity index (χ4v) is 3.76. The normalized spacial score (nSPS) is 17.0. The molecule has 0 bridgehead atoms. The van der Waals surface area contributed by atoms with Gasteiger partial charge >= 0.3 is 0 Å². The van der Waals surface area contributed by atoms with Gasteiger partial charge in [-0.3, -0.25) is 4.90 Å². The Morgan fingerprint density at radius 1 is 1.04 bits per heavy atom. The monoisotopic (exact) mass is 325 g/mol. The number of rotatable bonds is 6. The summed E-state index contributed by atoms with van der Waals surface area (Å²) in [6.45, 7) is 4.33. The molecule has 3 heteroatoms. The lowest BCUT2D eigenvalue weighted by Crippen LogP contribution is -2.41. The predicted molar refractivity (Wildman–Crippen MR) is 97.6 cm³/mol. The number of hydrogen-bond donors (Lipinski definition) is 2. The van der Waals surface area contributed by atoms with Crippen molar-refractivity contribution in [3.63, 3.8) is 0 Å². The first-order valence-corrected chi connectivity index (χ1v) is 8.99. The molecule has 0 saturated heterocycles. The molecule has 1 aliphatic rings. The first-order valence-electron chi connectivity index (χ1n) is 8.99. The highest BCUT2D eigenvalue weighted by Crippen LogP contribution is 2.31. The Kier molecular flexibility index (Phi) is 5.41. The third-order valence-electron chi connectivity index (χ3n) is 5.09. The van der Waals surface area contributed by atoms with Crippen LogP contribution in [-0.2, 0) is 19.3 Å². The Bertz CT molecular complexity index is 666. The summed E-state index contributed by atoms with van der Waals surface area (Å²) in [5.41, 5.74) is 3.70. The maximum Gasteiger partial charge on any atom is 0.119 e. The molecule has 0 aromatic heterocycles. The molecule has 1 atom stereocenters. The van der Waals surface area contributed by atoms with Crippen LogP contribution in [0.4, 0.5) is 0 Å². The van der Waals surface area contributed by atoms with Gasteiger partial charge in [-0.2, -0.15) is 0 Å². The van der Waals surface area contributed by atoms with Crippen LogP contribution in [0.2, 0.25) is 0 Å². The zero-order valence-corrected chi connectivity index (χ0v) is 14.4. The van der Waals surface area contributed by atoms with Crippen molar-refractivity contribution in [1.82, 2.24) is 4.90 Å². The highest BCUT2D eigenvalue weighted by molar-refractivity contribution is 5.41. The average Bonchev–Trinajstić information content (AvgIpc) is 2.60. The fourth-order valence-electron chi connectivity index (χ4n) is 3.76. The highest BCUT2D eigenvalue weighted by atomic mass is 16.3. The number of hydrogen-bond acceptors (Lipinski definition) is 3. The lowest BCUT2D eigenvalue weighted by atomic mass is 9.86. The molecule has 1 aliphatic carbocycles. The summed E-state index contributed by atoms with van der Waals surface area (Å²) < 4.78 is 0. The van der Waals surface area contributed by atoms with E-state index >= 15 is 0 Å². The summed E-state index contributed by atoms with van der Waals surface area (Å²) in [7, 11) is 0. The van der Waals surface area contributed by atoms with Crippen LogP contribution in [0, 0.1) is 0 Å². The van der Waals surface area contributed by atoms with E-state index in [0.29, 0.717) is 17.5 Å². The molecule has 24 heavy (non-hydrogen) atoms. The molecule has 2 N–H and O–H groups in total. The van der Waals surface area contributed by atoms with Crippen LogP contribution in [0.5, 0.6) is 11.5 Å². The first kappa shape index (κ1) is 16.8. The largest absolute Gasteiger partial charge is 0.508 e. The minimum Gasteiger partial charge on any atom is -0.508 e. The van der Waals surface area contributed by atoms with E-state index in [2.05, 4.69) is 17.9 Å². The van der Waals surface area contributed by atoms with E-state index in [0.717, 1.165) is 50.8 Å². The Labute approximate surface area is 144 Å². The van der Waals surface area contributed by atoms with E-state index in [9.17, 15) is 10.2 Å². The van der Waals surface area contributed by atoms with Crippen LogP contribution in [0.25, 0.3) is 0 Å². The number of aryl methyl sites for hydroxylation is 1. The van der Waals surface area contributed by atoms with Gasteiger partial charge in [-0.15, -0.1) is 0 Å². The molecule has 2 aromatic carbocycles. The molecule has 3 nitrogen and oxygen atoms in total. The standard InChI is InChI=1S/C21H27NO2/c1-2-13-22(14-12-16-6-10-19(23)11-7-16)18-9-8-17-4-3-5-21(24)20(17)15-18/h3-7,10-11,18,23-24H,2,8-9,12-15H2,1H3. The molecule has 2 aromatic rings. The summed E-state index contributed by atoms with van der Waals surface area (Å²) in [4.78, 5) is 2.57. The van der Waals surface area contributed by atoms with E-state index in [-0.39, 0.29) is 0 Å².